The third kappa shape index (κ3) is 4.27. The molecule has 0 fully saturated rings. The van der Waals surface area contributed by atoms with Crippen LogP contribution < -0.4 is 10.6 Å². The van der Waals surface area contributed by atoms with E-state index in [1.165, 1.54) is 12.1 Å². The third-order valence-electron chi connectivity index (χ3n) is 2.46. The highest BCUT2D eigenvalue weighted by atomic mass is 35.5. The molecular formula is C14H8Cl3N3O. The molecule has 4 nitrogen and oxygen atoms in total. The molecule has 7 heteroatoms. The van der Waals surface area contributed by atoms with Crippen LogP contribution >= 0.6 is 34.8 Å². The summed E-state index contributed by atoms with van der Waals surface area (Å²) in [6.45, 7) is 0. The van der Waals surface area contributed by atoms with E-state index in [2.05, 4.69) is 10.6 Å². The quantitative estimate of drug-likeness (QED) is 0.792. The van der Waals surface area contributed by atoms with E-state index in [1.54, 1.807) is 24.3 Å². The lowest BCUT2D eigenvalue weighted by atomic mass is 10.2. The number of nitriles is 1. The summed E-state index contributed by atoms with van der Waals surface area (Å²) in [5.41, 5.74) is 1.17. The third-order valence-corrected chi connectivity index (χ3v) is 3.23. The molecule has 2 N–H and O–H groups in total. The van der Waals surface area contributed by atoms with Gasteiger partial charge in [0.25, 0.3) is 0 Å². The van der Waals surface area contributed by atoms with E-state index >= 15 is 0 Å². The molecule has 0 spiro atoms. The molecule has 0 unspecified atom stereocenters. The van der Waals surface area contributed by atoms with Crippen molar-refractivity contribution in [1.82, 2.24) is 0 Å². The summed E-state index contributed by atoms with van der Waals surface area (Å²) in [4.78, 5) is 11.9. The number of nitrogens with zero attached hydrogens (tertiary/aromatic N) is 1. The Balaban J connectivity index is 2.13. The van der Waals surface area contributed by atoms with Crippen molar-refractivity contribution in [2.75, 3.05) is 10.6 Å². The smallest absolute Gasteiger partial charge is 0.308 e. The van der Waals surface area contributed by atoms with E-state index in [9.17, 15) is 4.79 Å². The van der Waals surface area contributed by atoms with Gasteiger partial charge >= 0.3 is 6.03 Å². The molecule has 2 amide bonds. The van der Waals surface area contributed by atoms with Crippen LogP contribution in [0.2, 0.25) is 15.1 Å². The Morgan fingerprint density at radius 2 is 1.67 bits per heavy atom. The summed E-state index contributed by atoms with van der Waals surface area (Å²) in [6.07, 6.45) is 0. The van der Waals surface area contributed by atoms with Crippen LogP contribution in [0.5, 0.6) is 0 Å². The zero-order chi connectivity index (χ0) is 15.4. The summed E-state index contributed by atoms with van der Waals surface area (Å²) in [6, 6.07) is 10.7. The summed E-state index contributed by atoms with van der Waals surface area (Å²) in [5.74, 6) is 0. The van der Waals surface area contributed by atoms with Crippen LogP contribution in [0.25, 0.3) is 0 Å². The van der Waals surface area contributed by atoms with E-state index in [0.717, 1.165) is 0 Å². The first-order valence-corrected chi connectivity index (χ1v) is 6.85. The zero-order valence-corrected chi connectivity index (χ0v) is 12.7. The lowest BCUT2D eigenvalue weighted by Gasteiger charge is -2.10. The number of nitrogens with one attached hydrogen (secondary N) is 2. The largest absolute Gasteiger partial charge is 0.323 e. The molecule has 0 heterocycles. The molecule has 106 valence electrons. The minimum Gasteiger partial charge on any atom is -0.308 e. The molecule has 0 aliphatic heterocycles. The Labute approximate surface area is 136 Å². The number of anilines is 2. The van der Waals surface area contributed by atoms with Gasteiger partial charge in [0.2, 0.25) is 0 Å². The lowest BCUT2D eigenvalue weighted by molar-refractivity contribution is 0.262. The van der Waals surface area contributed by atoms with Crippen LogP contribution in [-0.4, -0.2) is 6.03 Å². The molecule has 0 radical (unpaired) electrons. The molecule has 0 aliphatic rings. The molecule has 0 saturated carbocycles. The van der Waals surface area contributed by atoms with Gasteiger partial charge in [-0.05, 0) is 36.4 Å². The zero-order valence-electron chi connectivity index (χ0n) is 10.5. The van der Waals surface area contributed by atoms with Gasteiger partial charge in [0, 0.05) is 15.7 Å². The van der Waals surface area contributed by atoms with Crippen LogP contribution in [-0.2, 0) is 0 Å². The predicted octanol–water partition coefficient (Wildman–Crippen LogP) is 5.16. The first kappa shape index (κ1) is 15.5. The van der Waals surface area contributed by atoms with Gasteiger partial charge in [0.05, 0.1) is 22.3 Å². The van der Waals surface area contributed by atoms with Gasteiger partial charge in [-0.25, -0.2) is 4.79 Å². The Bertz CT molecular complexity index is 720. The van der Waals surface area contributed by atoms with E-state index in [4.69, 9.17) is 40.1 Å². The average Bonchev–Trinajstić information content (AvgIpc) is 2.40. The van der Waals surface area contributed by atoms with Gasteiger partial charge in [-0.3, -0.25) is 0 Å². The van der Waals surface area contributed by atoms with Crippen molar-refractivity contribution < 1.29 is 4.79 Å². The Morgan fingerprint density at radius 3 is 2.29 bits per heavy atom. The van der Waals surface area contributed by atoms with Crippen molar-refractivity contribution in [2.45, 2.75) is 0 Å². The standard InChI is InChI=1S/C14H8Cl3N3O/c15-9-4-10(16)6-11(5-9)19-14(21)20-13-3-8(7-18)1-2-12(13)17/h1-6H,(H2,19,20,21). The van der Waals surface area contributed by atoms with Crippen molar-refractivity contribution in [2.24, 2.45) is 0 Å². The summed E-state index contributed by atoms with van der Waals surface area (Å²) in [7, 11) is 0. The van der Waals surface area contributed by atoms with Gasteiger partial charge in [0.15, 0.2) is 0 Å². The van der Waals surface area contributed by atoms with Gasteiger partial charge in [-0.2, -0.15) is 5.26 Å². The van der Waals surface area contributed by atoms with Crippen molar-refractivity contribution in [1.29, 1.82) is 5.26 Å². The lowest BCUT2D eigenvalue weighted by Crippen LogP contribution is -2.19. The van der Waals surface area contributed by atoms with Crippen LogP contribution in [0.15, 0.2) is 36.4 Å². The molecule has 2 rings (SSSR count). The maximum Gasteiger partial charge on any atom is 0.323 e. The second-order valence-electron chi connectivity index (χ2n) is 4.04. The average molecular weight is 341 g/mol. The SMILES string of the molecule is N#Cc1ccc(Cl)c(NC(=O)Nc2cc(Cl)cc(Cl)c2)c1. The van der Waals surface area contributed by atoms with Crippen molar-refractivity contribution in [3.05, 3.63) is 57.0 Å². The molecule has 0 aliphatic carbocycles. The number of urea groups is 1. The molecule has 0 saturated heterocycles. The van der Waals surface area contributed by atoms with Crippen LogP contribution in [0.4, 0.5) is 16.2 Å². The molecule has 21 heavy (non-hydrogen) atoms. The maximum atomic E-state index is 11.9. The second kappa shape index (κ2) is 6.68. The van der Waals surface area contributed by atoms with E-state index in [-0.39, 0.29) is 0 Å². The van der Waals surface area contributed by atoms with E-state index in [1.807, 2.05) is 6.07 Å². The number of benzene rings is 2. The van der Waals surface area contributed by atoms with Gasteiger partial charge in [0.1, 0.15) is 0 Å². The summed E-state index contributed by atoms with van der Waals surface area (Å²) < 4.78 is 0. The monoisotopic (exact) mass is 339 g/mol. The minimum atomic E-state index is -0.523. The predicted molar refractivity (Wildman–Crippen MR) is 85.3 cm³/mol. The highest BCUT2D eigenvalue weighted by molar-refractivity contribution is 6.35. The Morgan fingerprint density at radius 1 is 1.00 bits per heavy atom. The van der Waals surface area contributed by atoms with Crippen LogP contribution in [0.3, 0.4) is 0 Å². The topological polar surface area (TPSA) is 64.9 Å². The maximum absolute atomic E-state index is 11.9. The minimum absolute atomic E-state index is 0.327. The highest BCUT2D eigenvalue weighted by Crippen LogP contribution is 2.25. The highest BCUT2D eigenvalue weighted by Gasteiger charge is 2.08. The number of carbonyl (C=O) groups excluding carboxylic acids is 1. The Hall–Kier alpha value is -1.93. The molecule has 2 aromatic rings. The second-order valence-corrected chi connectivity index (χ2v) is 5.32. The molecule has 0 aromatic heterocycles. The number of carbonyl (C=O) groups is 1. The number of rotatable bonds is 2. The van der Waals surface area contributed by atoms with Gasteiger partial charge < -0.3 is 10.6 Å². The van der Waals surface area contributed by atoms with E-state index in [0.29, 0.717) is 32.0 Å². The van der Waals surface area contributed by atoms with Crippen LogP contribution in [0, 0.1) is 11.3 Å². The number of hydrogen-bond donors (Lipinski definition) is 2. The number of amides is 2. The fraction of sp³-hybridized carbons (Fsp3) is 0. The van der Waals surface area contributed by atoms with Crippen LogP contribution in [0.1, 0.15) is 5.56 Å². The molecule has 2 aromatic carbocycles. The summed E-state index contributed by atoms with van der Waals surface area (Å²) >= 11 is 17.6. The molecular weight excluding hydrogens is 333 g/mol. The normalized spacial score (nSPS) is 9.81. The number of halogens is 3. The van der Waals surface area contributed by atoms with Gasteiger partial charge in [-0.1, -0.05) is 34.8 Å². The molecule has 0 atom stereocenters. The fourth-order valence-corrected chi connectivity index (χ4v) is 2.29. The first-order chi connectivity index (χ1) is 9.97. The van der Waals surface area contributed by atoms with E-state index < -0.39 is 6.03 Å². The summed E-state index contributed by atoms with van der Waals surface area (Å²) in [5, 5.41) is 15.1. The fourth-order valence-electron chi connectivity index (χ4n) is 1.60. The van der Waals surface area contributed by atoms with Crippen molar-refractivity contribution in [3.8, 4) is 6.07 Å². The first-order valence-electron chi connectivity index (χ1n) is 5.71. The molecule has 0 bridgehead atoms. The van der Waals surface area contributed by atoms with Crippen molar-refractivity contribution in [3.63, 3.8) is 0 Å². The van der Waals surface area contributed by atoms with Gasteiger partial charge in [-0.15, -0.1) is 0 Å². The number of hydrogen-bond acceptors (Lipinski definition) is 2. The van der Waals surface area contributed by atoms with Crippen molar-refractivity contribution >= 4 is 52.2 Å². The Kier molecular flexibility index (Phi) is 4.92.